The van der Waals surface area contributed by atoms with Gasteiger partial charge in [0.2, 0.25) is 0 Å². The fraction of sp³-hybridized carbons (Fsp3) is 0. The van der Waals surface area contributed by atoms with Gasteiger partial charge in [0.15, 0.2) is 0 Å². The molecule has 2 aliphatic rings. The molecule has 132 valence electrons. The summed E-state index contributed by atoms with van der Waals surface area (Å²) in [6.07, 6.45) is 0. The van der Waals surface area contributed by atoms with Crippen LogP contribution in [0, 0.1) is 11.6 Å². The molecule has 2 heteroatoms. The van der Waals surface area contributed by atoms with E-state index in [0.29, 0.717) is 5.56 Å². The minimum Gasteiger partial charge on any atom is -0.207 e. The highest BCUT2D eigenvalue weighted by Gasteiger charge is 2.33. The third kappa shape index (κ3) is 1.92. The largest absolute Gasteiger partial charge is 0.207 e. The first kappa shape index (κ1) is 15.5. The van der Waals surface area contributed by atoms with Crippen LogP contribution in [0.5, 0.6) is 0 Å². The summed E-state index contributed by atoms with van der Waals surface area (Å²) in [6, 6.07) is 26.2. The molecule has 0 spiro atoms. The first-order valence-corrected chi connectivity index (χ1v) is 9.26. The molecule has 0 atom stereocenters. The molecule has 6 rings (SSSR count). The molecule has 0 saturated heterocycles. The van der Waals surface area contributed by atoms with E-state index in [0.717, 1.165) is 50.1 Å². The molecule has 0 aliphatic heterocycles. The van der Waals surface area contributed by atoms with Gasteiger partial charge in [-0.15, -0.1) is 0 Å². The Hall–Kier alpha value is -3.52. The van der Waals surface area contributed by atoms with E-state index >= 15 is 4.39 Å². The molecule has 0 bridgehead atoms. The predicted octanol–water partition coefficient (Wildman–Crippen LogP) is 6.93. The van der Waals surface area contributed by atoms with E-state index in [2.05, 4.69) is 24.3 Å². The van der Waals surface area contributed by atoms with Crippen LogP contribution in [0.1, 0.15) is 22.3 Å². The lowest BCUT2D eigenvalue weighted by atomic mass is 9.91. The molecule has 0 heterocycles. The van der Waals surface area contributed by atoms with Crippen molar-refractivity contribution in [2.24, 2.45) is 0 Å². The monoisotopic (exact) mass is 364 g/mol. The average molecular weight is 364 g/mol. The Kier molecular flexibility index (Phi) is 3.05. The summed E-state index contributed by atoms with van der Waals surface area (Å²) in [6.45, 7) is 0. The molecule has 0 radical (unpaired) electrons. The van der Waals surface area contributed by atoms with E-state index in [1.807, 2.05) is 30.3 Å². The van der Waals surface area contributed by atoms with Gasteiger partial charge >= 0.3 is 0 Å². The van der Waals surface area contributed by atoms with Gasteiger partial charge in [-0.1, -0.05) is 66.7 Å². The fourth-order valence-electron chi connectivity index (χ4n) is 4.64. The van der Waals surface area contributed by atoms with Gasteiger partial charge in [0.25, 0.3) is 0 Å². The van der Waals surface area contributed by atoms with Gasteiger partial charge in [0.1, 0.15) is 11.6 Å². The average Bonchev–Trinajstić information content (AvgIpc) is 3.21. The van der Waals surface area contributed by atoms with Crippen LogP contribution in [0.3, 0.4) is 0 Å². The van der Waals surface area contributed by atoms with E-state index in [9.17, 15) is 4.39 Å². The van der Waals surface area contributed by atoms with Crippen LogP contribution in [0.4, 0.5) is 8.78 Å². The van der Waals surface area contributed by atoms with Crippen LogP contribution < -0.4 is 0 Å². The highest BCUT2D eigenvalue weighted by atomic mass is 19.1. The Bertz CT molecular complexity index is 1280. The van der Waals surface area contributed by atoms with E-state index < -0.39 is 0 Å². The van der Waals surface area contributed by atoms with Crippen LogP contribution in [-0.2, 0) is 0 Å². The van der Waals surface area contributed by atoms with Gasteiger partial charge < -0.3 is 0 Å². The first-order chi connectivity index (χ1) is 13.7. The fourth-order valence-corrected chi connectivity index (χ4v) is 4.64. The lowest BCUT2D eigenvalue weighted by Gasteiger charge is -2.12. The van der Waals surface area contributed by atoms with Crippen molar-refractivity contribution in [2.75, 3.05) is 0 Å². The van der Waals surface area contributed by atoms with E-state index in [-0.39, 0.29) is 11.6 Å². The zero-order chi connectivity index (χ0) is 18.8. The second-order valence-corrected chi connectivity index (χ2v) is 7.19. The van der Waals surface area contributed by atoms with Crippen molar-refractivity contribution in [1.82, 2.24) is 0 Å². The smallest absolute Gasteiger partial charge is 0.131 e. The van der Waals surface area contributed by atoms with Gasteiger partial charge in [-0.05, 0) is 62.7 Å². The van der Waals surface area contributed by atoms with Gasteiger partial charge in [-0.3, -0.25) is 0 Å². The van der Waals surface area contributed by atoms with Crippen LogP contribution in [0.15, 0.2) is 84.9 Å². The predicted molar refractivity (Wildman–Crippen MR) is 109 cm³/mol. The van der Waals surface area contributed by atoms with Crippen LogP contribution in [0.25, 0.3) is 33.4 Å². The Labute approximate surface area is 161 Å². The first-order valence-electron chi connectivity index (χ1n) is 9.26. The van der Waals surface area contributed by atoms with E-state index in [1.54, 1.807) is 12.1 Å². The van der Waals surface area contributed by atoms with Crippen molar-refractivity contribution in [2.45, 2.75) is 0 Å². The Morgan fingerprint density at radius 1 is 0.429 bits per heavy atom. The van der Waals surface area contributed by atoms with Gasteiger partial charge in [0.05, 0.1) is 0 Å². The minimum absolute atomic E-state index is 0.279. The van der Waals surface area contributed by atoms with Crippen LogP contribution in [-0.4, -0.2) is 0 Å². The molecule has 0 nitrogen and oxygen atoms in total. The number of hydrogen-bond acceptors (Lipinski definition) is 0. The van der Waals surface area contributed by atoms with Crippen molar-refractivity contribution in [3.63, 3.8) is 0 Å². The van der Waals surface area contributed by atoms with Crippen molar-refractivity contribution in [3.05, 3.63) is 119 Å². The molecule has 0 fully saturated rings. The van der Waals surface area contributed by atoms with Gasteiger partial charge in [0, 0.05) is 11.1 Å². The number of fused-ring (bicyclic) bond motifs is 6. The van der Waals surface area contributed by atoms with Crippen LogP contribution >= 0.6 is 0 Å². The normalized spacial score (nSPS) is 13.2. The van der Waals surface area contributed by atoms with E-state index in [1.165, 1.54) is 18.2 Å². The second-order valence-electron chi connectivity index (χ2n) is 7.19. The van der Waals surface area contributed by atoms with Crippen molar-refractivity contribution < 1.29 is 8.78 Å². The molecule has 4 aromatic carbocycles. The number of halogens is 2. The topological polar surface area (TPSA) is 0 Å². The zero-order valence-corrected chi connectivity index (χ0v) is 14.8. The molecular formula is C26H14F2. The maximum Gasteiger partial charge on any atom is 0.131 e. The van der Waals surface area contributed by atoms with Crippen molar-refractivity contribution in [1.29, 1.82) is 0 Å². The Balaban J connectivity index is 1.84. The van der Waals surface area contributed by atoms with E-state index in [4.69, 9.17) is 0 Å². The van der Waals surface area contributed by atoms with Crippen molar-refractivity contribution >= 4 is 11.1 Å². The summed E-state index contributed by atoms with van der Waals surface area (Å²) in [7, 11) is 0. The second kappa shape index (κ2) is 5.49. The number of benzene rings is 4. The summed E-state index contributed by atoms with van der Waals surface area (Å²) >= 11 is 0. The molecule has 2 aliphatic carbocycles. The summed E-state index contributed by atoms with van der Waals surface area (Å²) in [5.41, 5.74) is 9.13. The minimum atomic E-state index is -0.315. The molecule has 0 saturated carbocycles. The lowest BCUT2D eigenvalue weighted by Crippen LogP contribution is -1.93. The number of rotatable bonds is 0. The quantitative estimate of drug-likeness (QED) is 0.274. The SMILES string of the molecule is Fc1ccc2c(c1)C(=C1c3ccccc3-c3ccccc31)c1c(F)cccc1-2. The third-order valence-corrected chi connectivity index (χ3v) is 5.74. The molecule has 0 aromatic heterocycles. The summed E-state index contributed by atoms with van der Waals surface area (Å²) in [5, 5.41) is 0. The zero-order valence-electron chi connectivity index (χ0n) is 14.8. The Morgan fingerprint density at radius 3 is 1.68 bits per heavy atom. The molecule has 4 aromatic rings. The van der Waals surface area contributed by atoms with Crippen LogP contribution in [0.2, 0.25) is 0 Å². The van der Waals surface area contributed by atoms with Gasteiger partial charge in [-0.2, -0.15) is 0 Å². The molecular weight excluding hydrogens is 350 g/mol. The summed E-state index contributed by atoms with van der Waals surface area (Å²) in [5.74, 6) is -0.594. The molecule has 0 N–H and O–H groups in total. The standard InChI is InChI=1S/C26H14F2/c27-15-12-13-18-21-10-5-11-23(28)25(21)26(22(18)14-15)24-19-8-3-1-6-16(19)17-7-2-4-9-20(17)24/h1-14H. The van der Waals surface area contributed by atoms with Crippen molar-refractivity contribution in [3.8, 4) is 22.3 Å². The third-order valence-electron chi connectivity index (χ3n) is 5.74. The summed E-state index contributed by atoms with van der Waals surface area (Å²) < 4.78 is 29.3. The molecule has 0 amide bonds. The maximum absolute atomic E-state index is 15.1. The number of hydrogen-bond donors (Lipinski definition) is 0. The maximum atomic E-state index is 15.1. The lowest BCUT2D eigenvalue weighted by molar-refractivity contribution is 0.624. The van der Waals surface area contributed by atoms with Gasteiger partial charge in [-0.25, -0.2) is 8.78 Å². The highest BCUT2D eigenvalue weighted by Crippen LogP contribution is 2.54. The highest BCUT2D eigenvalue weighted by molar-refractivity contribution is 6.18. The molecule has 28 heavy (non-hydrogen) atoms. The molecule has 0 unspecified atom stereocenters. The summed E-state index contributed by atoms with van der Waals surface area (Å²) in [4.78, 5) is 0. The Morgan fingerprint density at radius 2 is 1.00 bits per heavy atom.